The first-order valence-electron chi connectivity index (χ1n) is 25.0. The first-order chi connectivity index (χ1) is 27.3. The summed E-state index contributed by atoms with van der Waals surface area (Å²) >= 11 is 0. The van der Waals surface area contributed by atoms with Gasteiger partial charge >= 0.3 is 0 Å². The van der Waals surface area contributed by atoms with Crippen LogP contribution in [0.3, 0.4) is 0 Å². The van der Waals surface area contributed by atoms with Crippen LogP contribution < -0.4 is 22.5 Å². The zero-order valence-corrected chi connectivity index (χ0v) is 37.7. The van der Waals surface area contributed by atoms with Gasteiger partial charge < -0.3 is 36.7 Å². The lowest BCUT2D eigenvalue weighted by atomic mass is 9.43. The summed E-state index contributed by atoms with van der Waals surface area (Å²) in [6.45, 7) is 17.0. The molecule has 4 saturated carbocycles. The van der Waals surface area contributed by atoms with E-state index in [4.69, 9.17) is 31.4 Å². The Morgan fingerprint density at radius 3 is 1.80 bits per heavy atom. The van der Waals surface area contributed by atoms with E-state index in [-0.39, 0.29) is 5.41 Å². The minimum absolute atomic E-state index is 0.179. The lowest BCUT2D eigenvalue weighted by molar-refractivity contribution is -0.227. The predicted octanol–water partition coefficient (Wildman–Crippen LogP) is 10.6. The van der Waals surface area contributed by atoms with Gasteiger partial charge in [0.15, 0.2) is 0 Å². The van der Waals surface area contributed by atoms with Gasteiger partial charge in [-0.1, -0.05) is 111 Å². The van der Waals surface area contributed by atoms with Crippen molar-refractivity contribution in [3.63, 3.8) is 0 Å². The molecule has 0 heterocycles. The monoisotopic (exact) mass is 789 g/mol. The average molecular weight is 789 g/mol. The van der Waals surface area contributed by atoms with Crippen LogP contribution in [-0.2, 0) is 14.2 Å². The van der Waals surface area contributed by atoms with Gasteiger partial charge in [-0.3, -0.25) is 0 Å². The molecule has 0 bridgehead atoms. The number of hydrogen-bond acceptors (Lipinski definition) is 7. The largest absolute Gasteiger partial charge is 0.378 e. The van der Waals surface area contributed by atoms with Crippen molar-refractivity contribution < 1.29 is 14.2 Å². The van der Waals surface area contributed by atoms with E-state index < -0.39 is 0 Å². The zero-order valence-electron chi connectivity index (χ0n) is 37.7. The van der Waals surface area contributed by atoms with Crippen LogP contribution in [0.2, 0.25) is 0 Å². The lowest BCUT2D eigenvalue weighted by Gasteiger charge is -2.65. The van der Waals surface area contributed by atoms with Crippen LogP contribution in [0, 0.1) is 46.3 Å². The Hall–Kier alpha value is -0.280. The SMILES string of the molecule is CCCCCCCCCCCCCCCCNCCC[C@@H](C)C1CC[C@H]2C3[C@H](OCCCN)CC4C[C@H](OCCCN)CCC4(C)[C@H]3C[C@H](OCCCN)C12C. The molecule has 0 aromatic rings. The molecule has 11 atom stereocenters. The molecule has 4 aliphatic carbocycles. The summed E-state index contributed by atoms with van der Waals surface area (Å²) in [7, 11) is 0. The second-order valence-electron chi connectivity index (χ2n) is 19.9. The fourth-order valence-electron chi connectivity index (χ4n) is 12.9. The Morgan fingerprint density at radius 2 is 1.18 bits per heavy atom. The Bertz CT molecular complexity index is 1000. The van der Waals surface area contributed by atoms with E-state index in [0.29, 0.717) is 78.9 Å². The third kappa shape index (κ3) is 13.9. The predicted molar refractivity (Wildman–Crippen MR) is 238 cm³/mol. The van der Waals surface area contributed by atoms with Crippen LogP contribution in [0.5, 0.6) is 0 Å². The van der Waals surface area contributed by atoms with Crippen molar-refractivity contribution in [3.05, 3.63) is 0 Å². The van der Waals surface area contributed by atoms with Crippen molar-refractivity contribution in [1.29, 1.82) is 0 Å². The maximum atomic E-state index is 7.07. The van der Waals surface area contributed by atoms with Crippen molar-refractivity contribution >= 4 is 0 Å². The minimum atomic E-state index is 0.179. The van der Waals surface area contributed by atoms with E-state index in [1.807, 2.05) is 0 Å². The fourth-order valence-corrected chi connectivity index (χ4v) is 12.9. The molecule has 0 amide bonds. The van der Waals surface area contributed by atoms with Gasteiger partial charge in [0.2, 0.25) is 0 Å². The summed E-state index contributed by atoms with van der Waals surface area (Å²) in [4.78, 5) is 0. The molecule has 7 heteroatoms. The van der Waals surface area contributed by atoms with Crippen LogP contribution in [-0.4, -0.2) is 70.9 Å². The molecular formula is C49H96N4O3. The van der Waals surface area contributed by atoms with Crippen molar-refractivity contribution in [1.82, 2.24) is 5.32 Å². The van der Waals surface area contributed by atoms with Crippen LogP contribution in [0.15, 0.2) is 0 Å². The molecule has 0 spiro atoms. The van der Waals surface area contributed by atoms with Crippen molar-refractivity contribution in [2.45, 2.75) is 213 Å². The molecule has 0 radical (unpaired) electrons. The zero-order chi connectivity index (χ0) is 40.1. The van der Waals surface area contributed by atoms with Gasteiger partial charge in [-0.25, -0.2) is 0 Å². The van der Waals surface area contributed by atoms with Crippen molar-refractivity contribution in [2.75, 3.05) is 52.5 Å². The molecule has 0 aromatic heterocycles. The third-order valence-electron chi connectivity index (χ3n) is 16.2. The molecule has 0 aromatic carbocycles. The quantitative estimate of drug-likeness (QED) is 0.0501. The van der Waals surface area contributed by atoms with E-state index in [1.54, 1.807) is 0 Å². The van der Waals surface area contributed by atoms with Gasteiger partial charge in [-0.15, -0.1) is 0 Å². The summed E-state index contributed by atoms with van der Waals surface area (Å²) in [5, 5.41) is 3.82. The van der Waals surface area contributed by atoms with Gasteiger partial charge in [-0.05, 0) is 157 Å². The summed E-state index contributed by atoms with van der Waals surface area (Å²) in [6, 6.07) is 0. The van der Waals surface area contributed by atoms with E-state index in [1.165, 1.54) is 148 Å². The molecule has 56 heavy (non-hydrogen) atoms. The highest BCUT2D eigenvalue weighted by Crippen LogP contribution is 2.69. The van der Waals surface area contributed by atoms with Gasteiger partial charge in [0.1, 0.15) is 0 Å². The number of nitrogens with one attached hydrogen (secondary N) is 1. The molecular weight excluding hydrogens is 693 g/mol. The molecule has 5 unspecified atom stereocenters. The highest BCUT2D eigenvalue weighted by Gasteiger charge is 2.66. The number of ether oxygens (including phenoxy) is 3. The van der Waals surface area contributed by atoms with Crippen LogP contribution in [0.1, 0.15) is 195 Å². The maximum Gasteiger partial charge on any atom is 0.0637 e. The smallest absolute Gasteiger partial charge is 0.0637 e. The van der Waals surface area contributed by atoms with E-state index >= 15 is 0 Å². The van der Waals surface area contributed by atoms with Crippen molar-refractivity contribution in [2.24, 2.45) is 63.5 Å². The second-order valence-corrected chi connectivity index (χ2v) is 19.9. The highest BCUT2D eigenvalue weighted by molar-refractivity contribution is 5.15. The van der Waals surface area contributed by atoms with Crippen LogP contribution in [0.25, 0.3) is 0 Å². The Labute approximate surface area is 347 Å². The van der Waals surface area contributed by atoms with Crippen LogP contribution >= 0.6 is 0 Å². The standard InChI is InChI=1S/C49H96N4O3/c1-5-6-7-8-9-10-11-12-13-14-15-16-17-18-31-53-32-19-23-39(2)42-24-25-43-47-44(38-46(49(42,43)4)56-35-22-30-52)48(3)27-26-41(54-33-20-28-50)36-40(48)37-45(47)55-34-21-29-51/h39-47,53H,5-38,50-52H2,1-4H3/t39-,40?,41-,42?,43+,44+,45-,46+,47?,48?,49?/m1/s1. The number of rotatable bonds is 32. The maximum absolute atomic E-state index is 7.07. The summed E-state index contributed by atoms with van der Waals surface area (Å²) in [5.74, 6) is 3.91. The topological polar surface area (TPSA) is 118 Å². The molecule has 4 aliphatic rings. The molecule has 4 rings (SSSR count). The Morgan fingerprint density at radius 1 is 0.607 bits per heavy atom. The first kappa shape index (κ1) is 48.4. The number of fused-ring (bicyclic) bond motifs is 5. The van der Waals surface area contributed by atoms with Gasteiger partial charge in [0, 0.05) is 25.2 Å². The average Bonchev–Trinajstić information content (AvgIpc) is 3.56. The molecule has 7 nitrogen and oxygen atoms in total. The molecule has 4 fully saturated rings. The first-order valence-corrected chi connectivity index (χ1v) is 25.0. The molecule has 330 valence electrons. The third-order valence-corrected chi connectivity index (χ3v) is 16.2. The van der Waals surface area contributed by atoms with Gasteiger partial charge in [-0.2, -0.15) is 0 Å². The highest BCUT2D eigenvalue weighted by atomic mass is 16.5. The van der Waals surface area contributed by atoms with E-state index in [9.17, 15) is 0 Å². The summed E-state index contributed by atoms with van der Waals surface area (Å²) in [6.07, 6.45) is 35.0. The Balaban J connectivity index is 1.26. The Kier molecular flexibility index (Phi) is 23.2. The number of nitrogens with two attached hydrogens (primary N) is 3. The number of hydrogen-bond donors (Lipinski definition) is 4. The number of unbranched alkanes of at least 4 members (excludes halogenated alkanes) is 13. The van der Waals surface area contributed by atoms with Crippen LogP contribution in [0.4, 0.5) is 0 Å². The fraction of sp³-hybridized carbons (Fsp3) is 1.00. The van der Waals surface area contributed by atoms with Crippen molar-refractivity contribution in [3.8, 4) is 0 Å². The molecule has 7 N–H and O–H groups in total. The van der Waals surface area contributed by atoms with Gasteiger partial charge in [0.05, 0.1) is 18.3 Å². The molecule has 0 saturated heterocycles. The second kappa shape index (κ2) is 26.8. The van der Waals surface area contributed by atoms with E-state index in [0.717, 1.165) is 52.0 Å². The van der Waals surface area contributed by atoms with E-state index in [2.05, 4.69) is 33.0 Å². The summed E-state index contributed by atoms with van der Waals surface area (Å²) < 4.78 is 20.5. The molecule has 0 aliphatic heterocycles. The lowest BCUT2D eigenvalue weighted by Crippen LogP contribution is -2.63. The van der Waals surface area contributed by atoms with Gasteiger partial charge in [0.25, 0.3) is 0 Å². The normalized spacial score (nSPS) is 33.3. The minimum Gasteiger partial charge on any atom is -0.378 e. The summed E-state index contributed by atoms with van der Waals surface area (Å²) in [5.41, 5.74) is 18.3.